The van der Waals surface area contributed by atoms with Crippen LogP contribution in [0.25, 0.3) is 11.1 Å². The first-order chi connectivity index (χ1) is 42.8. The van der Waals surface area contributed by atoms with E-state index in [2.05, 4.69) is 39.6 Å². The van der Waals surface area contributed by atoms with Crippen LogP contribution >= 0.6 is 0 Å². The van der Waals surface area contributed by atoms with E-state index in [0.29, 0.717) is 69.7 Å². The molecule has 5 N–H and O–H groups in total. The molecule has 0 bridgehead atoms. The largest absolute Gasteiger partial charge is 0.449 e. The summed E-state index contributed by atoms with van der Waals surface area (Å²) in [4.78, 5) is 63.1. The normalized spacial score (nSPS) is 16.7. The van der Waals surface area contributed by atoms with Gasteiger partial charge in [0.15, 0.2) is 0 Å². The first kappa shape index (κ1) is 67.9. The average Bonchev–Trinajstić information content (AvgIpc) is 1.67. The van der Waals surface area contributed by atoms with E-state index in [0.717, 1.165) is 90.4 Å². The van der Waals surface area contributed by atoms with E-state index in [4.69, 9.17) is 25.7 Å². The third-order valence-electron chi connectivity index (χ3n) is 16.8. The van der Waals surface area contributed by atoms with E-state index in [9.17, 15) is 45.5 Å². The van der Waals surface area contributed by atoms with Gasteiger partial charge in [-0.25, -0.2) is 50.7 Å². The maximum atomic E-state index is 14.6. The third kappa shape index (κ3) is 19.0. The summed E-state index contributed by atoms with van der Waals surface area (Å²) < 4.78 is 99.2. The maximum absolute atomic E-state index is 14.6. The van der Waals surface area contributed by atoms with Gasteiger partial charge in [-0.1, -0.05) is 48.5 Å². The van der Waals surface area contributed by atoms with Crippen LogP contribution in [0.4, 0.5) is 40.7 Å². The average molecular weight is 1250 g/mol. The predicted molar refractivity (Wildman–Crippen MR) is 330 cm³/mol. The molecule has 0 spiro atoms. The molecular formula is C69H82F6N8O7. The zero-order valence-corrected chi connectivity index (χ0v) is 51.9. The summed E-state index contributed by atoms with van der Waals surface area (Å²) >= 11 is 0. The highest BCUT2D eigenvalue weighted by atomic mass is 19.1. The molecule has 482 valence electrons. The predicted octanol–water partition coefficient (Wildman–Crippen LogP) is 12.7. The van der Waals surface area contributed by atoms with Gasteiger partial charge in [-0.2, -0.15) is 0 Å². The van der Waals surface area contributed by atoms with Crippen molar-refractivity contribution in [3.05, 3.63) is 190 Å². The van der Waals surface area contributed by atoms with E-state index < -0.39 is 58.2 Å². The highest BCUT2D eigenvalue weighted by Gasteiger charge is 2.35. The van der Waals surface area contributed by atoms with Gasteiger partial charge in [0, 0.05) is 75.7 Å². The van der Waals surface area contributed by atoms with Crippen LogP contribution in [0.5, 0.6) is 0 Å². The number of carbonyl (C=O) groups excluding carboxylic acids is 4. The van der Waals surface area contributed by atoms with Crippen molar-refractivity contribution in [3.8, 4) is 11.1 Å². The van der Waals surface area contributed by atoms with E-state index in [-0.39, 0.29) is 84.7 Å². The number of rotatable bonds is 13. The fourth-order valence-electron chi connectivity index (χ4n) is 12.0. The van der Waals surface area contributed by atoms with Crippen LogP contribution in [0.3, 0.4) is 0 Å². The van der Waals surface area contributed by atoms with Crippen molar-refractivity contribution in [2.24, 2.45) is 29.2 Å². The minimum atomic E-state index is -0.608. The van der Waals surface area contributed by atoms with E-state index in [1.807, 2.05) is 65.8 Å². The molecule has 4 amide bonds. The number of fused-ring (bicyclic) bond motifs is 3. The molecular weight excluding hydrogens is 1170 g/mol. The van der Waals surface area contributed by atoms with Gasteiger partial charge in [-0.05, 0) is 217 Å². The van der Waals surface area contributed by atoms with Gasteiger partial charge in [0.2, 0.25) is 5.82 Å². The van der Waals surface area contributed by atoms with Crippen LogP contribution in [0.2, 0.25) is 0 Å². The lowest BCUT2D eigenvalue weighted by molar-refractivity contribution is 0.0160. The summed E-state index contributed by atoms with van der Waals surface area (Å²) in [6.07, 6.45) is 6.50. The Morgan fingerprint density at radius 3 is 1.31 bits per heavy atom. The zero-order chi connectivity index (χ0) is 64.9. The van der Waals surface area contributed by atoms with Gasteiger partial charge in [0.1, 0.15) is 52.7 Å². The van der Waals surface area contributed by atoms with Gasteiger partial charge in [0.05, 0.1) is 0 Å². The van der Waals surface area contributed by atoms with Crippen LogP contribution in [0, 0.1) is 52.7 Å². The lowest BCUT2D eigenvalue weighted by Gasteiger charge is -2.37. The number of amides is 4. The Hall–Kier alpha value is -8.04. The molecule has 3 atom stereocenters. The molecule has 0 radical (unpaired) electrons. The SMILES string of the molecule is CC(C)(C)OC(=O)N1CCC(C(Cc2cc(F)ccc2F)NC(=O)OCC2c3ccccc3-c3ccccc32)CC1.CC(C)(C)OC(=O)N1CCC(C(N)Cc2cc(F)ccc2F)CC1.N[C@H](Cc1cc(F)ccc1F)C1CCN(C(=O)c2ncccn2)CC1. The zero-order valence-electron chi connectivity index (χ0n) is 51.9. The number of aromatic nitrogens is 2. The highest BCUT2D eigenvalue weighted by molar-refractivity contribution is 5.90. The molecule has 4 heterocycles. The van der Waals surface area contributed by atoms with Crippen molar-refractivity contribution in [1.82, 2.24) is 30.0 Å². The van der Waals surface area contributed by atoms with Crippen molar-refractivity contribution in [2.45, 2.75) is 135 Å². The Morgan fingerprint density at radius 2 is 0.900 bits per heavy atom. The molecule has 1 aromatic heterocycles. The van der Waals surface area contributed by atoms with E-state index >= 15 is 0 Å². The molecule has 1 aliphatic carbocycles. The number of benzene rings is 5. The number of alkyl carbamates (subject to hydrolysis) is 1. The van der Waals surface area contributed by atoms with Gasteiger partial charge < -0.3 is 45.7 Å². The fraction of sp³-hybridized carbons (Fsp3) is 0.449. The summed E-state index contributed by atoms with van der Waals surface area (Å²) in [5.41, 5.74) is 16.6. The number of piperidine rings is 3. The van der Waals surface area contributed by atoms with E-state index in [1.54, 1.807) is 20.8 Å². The number of nitrogens with zero attached hydrogens (tertiary/aromatic N) is 5. The number of halogens is 6. The minimum absolute atomic E-state index is 0.0724. The Bertz CT molecular complexity index is 3350. The van der Waals surface area contributed by atoms with Gasteiger partial charge in [-0.15, -0.1) is 0 Å². The number of ether oxygens (including phenoxy) is 3. The Morgan fingerprint density at radius 1 is 0.522 bits per heavy atom. The van der Waals surface area contributed by atoms with E-state index in [1.165, 1.54) is 24.5 Å². The van der Waals surface area contributed by atoms with Crippen molar-refractivity contribution < 1.29 is 59.7 Å². The number of hydrogen-bond acceptors (Lipinski definition) is 11. The Labute approximate surface area is 522 Å². The first-order valence-electron chi connectivity index (χ1n) is 30.8. The molecule has 4 aliphatic rings. The Balaban J connectivity index is 0.000000185. The molecule has 15 nitrogen and oxygen atoms in total. The van der Waals surface area contributed by atoms with Crippen LogP contribution in [0.15, 0.2) is 122 Å². The summed E-state index contributed by atoms with van der Waals surface area (Å²) in [5, 5.41) is 2.95. The summed E-state index contributed by atoms with van der Waals surface area (Å²) in [6, 6.07) is 27.0. The lowest BCUT2D eigenvalue weighted by atomic mass is 9.86. The molecule has 0 saturated carbocycles. The quantitative estimate of drug-likeness (QED) is 0.0735. The topological polar surface area (TPSA) is 196 Å². The lowest BCUT2D eigenvalue weighted by Crippen LogP contribution is -2.48. The van der Waals surface area contributed by atoms with Crippen molar-refractivity contribution in [2.75, 3.05) is 45.9 Å². The molecule has 2 unspecified atom stereocenters. The second kappa shape index (κ2) is 30.6. The van der Waals surface area contributed by atoms with Crippen LogP contribution < -0.4 is 16.8 Å². The monoisotopic (exact) mass is 1250 g/mol. The molecule has 3 aliphatic heterocycles. The van der Waals surface area contributed by atoms with Crippen molar-refractivity contribution in [1.29, 1.82) is 0 Å². The Kier molecular flexibility index (Phi) is 23.1. The number of nitrogens with two attached hydrogens (primary N) is 2. The number of likely N-dealkylation sites (tertiary alicyclic amines) is 3. The first-order valence-corrected chi connectivity index (χ1v) is 30.8. The van der Waals surface area contributed by atoms with Crippen LogP contribution in [-0.4, -0.2) is 124 Å². The number of hydrogen-bond donors (Lipinski definition) is 3. The third-order valence-corrected chi connectivity index (χ3v) is 16.8. The van der Waals surface area contributed by atoms with Gasteiger partial charge in [-0.3, -0.25) is 4.79 Å². The maximum Gasteiger partial charge on any atom is 0.410 e. The van der Waals surface area contributed by atoms with Gasteiger partial charge in [0.25, 0.3) is 5.91 Å². The van der Waals surface area contributed by atoms with Crippen LogP contribution in [-0.2, 0) is 33.5 Å². The molecule has 10 rings (SSSR count). The summed E-state index contributed by atoms with van der Waals surface area (Å²) in [6.45, 7) is 14.2. The molecule has 6 aromatic rings. The van der Waals surface area contributed by atoms with Gasteiger partial charge >= 0.3 is 18.3 Å². The van der Waals surface area contributed by atoms with Crippen molar-refractivity contribution >= 4 is 24.2 Å². The molecule has 3 fully saturated rings. The number of carbonyl (C=O) groups is 4. The fourth-order valence-corrected chi connectivity index (χ4v) is 12.0. The highest BCUT2D eigenvalue weighted by Crippen LogP contribution is 2.44. The van der Waals surface area contributed by atoms with Crippen molar-refractivity contribution in [3.63, 3.8) is 0 Å². The molecule has 5 aromatic carbocycles. The smallest absolute Gasteiger partial charge is 0.410 e. The molecule has 3 saturated heterocycles. The molecule has 90 heavy (non-hydrogen) atoms. The minimum Gasteiger partial charge on any atom is -0.449 e. The second-order valence-electron chi connectivity index (χ2n) is 25.5. The summed E-state index contributed by atoms with van der Waals surface area (Å²) in [7, 11) is 0. The summed E-state index contributed by atoms with van der Waals surface area (Å²) in [5.74, 6) is -2.71. The number of nitrogens with one attached hydrogen (secondary N) is 1. The standard InChI is InChI=1S/C33H36F2N2O4.C18H20F2N4O.C18H26F2N2O2/c1-33(2,3)41-32(39)37-16-14-21(15-17-37)30(19-22-18-23(34)12-13-29(22)35)36-31(38)40-20-28-26-10-6-4-8-24(26)25-9-5-7-11-27(25)28;19-14-2-3-15(20)13(10-14)11-16(21)12-4-8-24(9-5-12)18(25)17-22-6-1-7-23-17;1-18(2,3)24-17(23)22-8-6-12(7-9-22)16(21)11-13-10-14(19)4-5-15(13)20/h4-13,18,21,28,30H,14-17,19-20H2,1-3H3,(H,36,38);1-3,6-7,10,12,16H,4-5,8-9,11,21H2;4-5,10,12,16H,6-9,11,21H2,1-3H3/t;16-;/m.1./s1. The second-order valence-corrected chi connectivity index (χ2v) is 25.5. The van der Waals surface area contributed by atoms with Crippen LogP contribution in [0.1, 0.15) is 124 Å². The molecule has 21 heteroatoms.